The number of ether oxygens (including phenoxy) is 1. The highest BCUT2D eigenvalue weighted by Gasteiger charge is 2.40. The average Bonchev–Trinajstić information content (AvgIpc) is 3.25. The maximum absolute atomic E-state index is 13.8. The first kappa shape index (κ1) is 21.7. The molecule has 2 heterocycles. The van der Waals surface area contributed by atoms with E-state index in [1.807, 2.05) is 83.1 Å². The summed E-state index contributed by atoms with van der Waals surface area (Å²) in [4.78, 5) is 33.6. The highest BCUT2D eigenvalue weighted by molar-refractivity contribution is 5.96. The van der Waals surface area contributed by atoms with Gasteiger partial charge in [-0.3, -0.25) is 9.59 Å². The van der Waals surface area contributed by atoms with Gasteiger partial charge >= 0.3 is 0 Å². The highest BCUT2D eigenvalue weighted by Crippen LogP contribution is 2.37. The molecule has 5 rings (SSSR count). The Hall–Kier alpha value is -4.13. The van der Waals surface area contributed by atoms with Crippen molar-refractivity contribution in [2.75, 3.05) is 12.4 Å². The Morgan fingerprint density at radius 1 is 1.03 bits per heavy atom. The van der Waals surface area contributed by atoms with Crippen molar-refractivity contribution in [2.24, 2.45) is 0 Å². The summed E-state index contributed by atoms with van der Waals surface area (Å²) in [6.45, 7) is 2.45. The van der Waals surface area contributed by atoms with Crippen molar-refractivity contribution in [1.82, 2.24) is 14.5 Å². The van der Waals surface area contributed by atoms with Crippen LogP contribution in [0.1, 0.15) is 36.8 Å². The zero-order chi connectivity index (χ0) is 23.7. The maximum atomic E-state index is 13.8. The van der Waals surface area contributed by atoms with Gasteiger partial charge in [-0.15, -0.1) is 0 Å². The summed E-state index contributed by atoms with van der Waals surface area (Å²) in [6, 6.07) is 23.9. The van der Waals surface area contributed by atoms with E-state index < -0.39 is 6.04 Å². The van der Waals surface area contributed by atoms with E-state index in [1.54, 1.807) is 19.2 Å². The van der Waals surface area contributed by atoms with Crippen LogP contribution in [-0.2, 0) is 16.1 Å². The maximum Gasteiger partial charge on any atom is 0.247 e. The lowest BCUT2D eigenvalue weighted by atomic mass is 10.0. The SMILES string of the molecule is COc1cccc(NC(=O)C[C@H]2C(=O)N(Cc3ccccc3)[C@@H](C)c3nc4ccccc4n32)c1. The van der Waals surface area contributed by atoms with Crippen LogP contribution in [0.25, 0.3) is 11.0 Å². The Morgan fingerprint density at radius 2 is 1.79 bits per heavy atom. The molecule has 0 saturated heterocycles. The molecule has 34 heavy (non-hydrogen) atoms. The quantitative estimate of drug-likeness (QED) is 0.457. The molecule has 1 aliphatic rings. The van der Waals surface area contributed by atoms with E-state index in [0.29, 0.717) is 18.0 Å². The molecule has 0 unspecified atom stereocenters. The van der Waals surface area contributed by atoms with Crippen molar-refractivity contribution in [3.63, 3.8) is 0 Å². The minimum atomic E-state index is -0.687. The number of hydrogen-bond donors (Lipinski definition) is 1. The lowest BCUT2D eigenvalue weighted by molar-refractivity contribution is -0.142. The highest BCUT2D eigenvalue weighted by atomic mass is 16.5. The molecular weight excluding hydrogens is 428 g/mol. The summed E-state index contributed by atoms with van der Waals surface area (Å²) >= 11 is 0. The van der Waals surface area contributed by atoms with Crippen molar-refractivity contribution < 1.29 is 14.3 Å². The molecule has 0 bridgehead atoms. The number of fused-ring (bicyclic) bond motifs is 3. The topological polar surface area (TPSA) is 76.5 Å². The standard InChI is InChI=1S/C27H26N4O3/c1-18-26-29-22-13-6-7-14-23(22)31(26)24(27(33)30(18)17-19-9-4-3-5-10-19)16-25(32)28-20-11-8-12-21(15-20)34-2/h3-15,18,24H,16-17H2,1-2H3,(H,28,32)/t18-,24-/m0/s1. The Bertz CT molecular complexity index is 1350. The second kappa shape index (κ2) is 9.02. The number of carbonyl (C=O) groups is 2. The van der Waals surface area contributed by atoms with Crippen molar-refractivity contribution in [3.8, 4) is 5.75 Å². The van der Waals surface area contributed by atoms with Gasteiger partial charge in [0, 0.05) is 18.3 Å². The third-order valence-electron chi connectivity index (χ3n) is 6.27. The molecule has 2 amide bonds. The zero-order valence-corrected chi connectivity index (χ0v) is 19.1. The number of nitrogens with one attached hydrogen (secondary N) is 1. The van der Waals surface area contributed by atoms with Gasteiger partial charge in [-0.25, -0.2) is 4.98 Å². The van der Waals surface area contributed by atoms with E-state index in [0.717, 1.165) is 22.4 Å². The molecule has 0 fully saturated rings. The van der Waals surface area contributed by atoms with E-state index in [4.69, 9.17) is 9.72 Å². The fourth-order valence-corrected chi connectivity index (χ4v) is 4.58. The van der Waals surface area contributed by atoms with Gasteiger partial charge in [0.15, 0.2) is 0 Å². The minimum absolute atomic E-state index is 0.00140. The molecule has 0 aliphatic carbocycles. The van der Waals surface area contributed by atoms with E-state index >= 15 is 0 Å². The van der Waals surface area contributed by atoms with Crippen molar-refractivity contribution in [1.29, 1.82) is 0 Å². The number of aromatic nitrogens is 2. The van der Waals surface area contributed by atoms with E-state index in [9.17, 15) is 9.59 Å². The third kappa shape index (κ3) is 4.01. The predicted molar refractivity (Wildman–Crippen MR) is 130 cm³/mol. The van der Waals surface area contributed by atoms with Crippen LogP contribution in [0.2, 0.25) is 0 Å². The van der Waals surface area contributed by atoms with Gasteiger partial charge in [-0.2, -0.15) is 0 Å². The van der Waals surface area contributed by atoms with Gasteiger partial charge in [-0.05, 0) is 36.8 Å². The number of methoxy groups -OCH3 is 1. The molecule has 0 spiro atoms. The predicted octanol–water partition coefficient (Wildman–Crippen LogP) is 4.72. The second-order valence-corrected chi connectivity index (χ2v) is 8.46. The van der Waals surface area contributed by atoms with Crippen molar-refractivity contribution in [3.05, 3.63) is 90.3 Å². The molecular formula is C27H26N4O3. The number of benzene rings is 3. The summed E-state index contributed by atoms with van der Waals surface area (Å²) in [5.41, 5.74) is 3.33. The first-order chi connectivity index (χ1) is 16.5. The number of nitrogens with zero attached hydrogens (tertiary/aromatic N) is 3. The number of amides is 2. The molecule has 1 N–H and O–H groups in total. The van der Waals surface area contributed by atoms with Gasteiger partial charge < -0.3 is 19.5 Å². The number of hydrogen-bond acceptors (Lipinski definition) is 4. The van der Waals surface area contributed by atoms with Crippen molar-refractivity contribution in [2.45, 2.75) is 32.0 Å². The third-order valence-corrected chi connectivity index (χ3v) is 6.27. The normalized spacial score (nSPS) is 17.5. The van der Waals surface area contributed by atoms with Crippen LogP contribution in [0.15, 0.2) is 78.9 Å². The van der Waals surface area contributed by atoms with Crippen LogP contribution in [-0.4, -0.2) is 33.4 Å². The molecule has 0 radical (unpaired) electrons. The van der Waals surface area contributed by atoms with Crippen molar-refractivity contribution >= 4 is 28.5 Å². The first-order valence-corrected chi connectivity index (χ1v) is 11.3. The summed E-state index contributed by atoms with van der Waals surface area (Å²) in [6.07, 6.45) is 0.00140. The summed E-state index contributed by atoms with van der Waals surface area (Å²) in [7, 11) is 1.58. The van der Waals surface area contributed by atoms with Crippen LogP contribution >= 0.6 is 0 Å². The second-order valence-electron chi connectivity index (χ2n) is 8.46. The Kier molecular flexibility index (Phi) is 5.76. The molecule has 4 aromatic rings. The number of rotatable bonds is 6. The minimum Gasteiger partial charge on any atom is -0.497 e. The van der Waals surface area contributed by atoms with Crippen LogP contribution in [0.3, 0.4) is 0 Å². The van der Waals surface area contributed by atoms with Gasteiger partial charge in [0.1, 0.15) is 17.6 Å². The van der Waals surface area contributed by atoms with Gasteiger partial charge in [0.2, 0.25) is 11.8 Å². The Labute approximate surface area is 198 Å². The monoisotopic (exact) mass is 454 g/mol. The molecule has 0 saturated carbocycles. The smallest absolute Gasteiger partial charge is 0.247 e. The van der Waals surface area contributed by atoms with E-state index in [2.05, 4.69) is 5.32 Å². The zero-order valence-electron chi connectivity index (χ0n) is 19.1. The van der Waals surface area contributed by atoms with Gasteiger partial charge in [-0.1, -0.05) is 48.5 Å². The largest absolute Gasteiger partial charge is 0.497 e. The first-order valence-electron chi connectivity index (χ1n) is 11.3. The van der Waals surface area contributed by atoms with Gasteiger partial charge in [0.25, 0.3) is 0 Å². The molecule has 7 nitrogen and oxygen atoms in total. The summed E-state index contributed by atoms with van der Waals surface area (Å²) < 4.78 is 7.19. The van der Waals surface area contributed by atoms with Crippen LogP contribution < -0.4 is 10.1 Å². The Balaban J connectivity index is 1.49. The lowest BCUT2D eigenvalue weighted by Gasteiger charge is -2.38. The number of imidazole rings is 1. The molecule has 3 aromatic carbocycles. The summed E-state index contributed by atoms with van der Waals surface area (Å²) in [5.74, 6) is 1.10. The molecule has 1 aromatic heterocycles. The average molecular weight is 455 g/mol. The number of para-hydroxylation sites is 2. The van der Waals surface area contributed by atoms with Crippen LogP contribution in [0, 0.1) is 0 Å². The molecule has 172 valence electrons. The number of carbonyl (C=O) groups excluding carboxylic acids is 2. The van der Waals surface area contributed by atoms with Gasteiger partial charge in [0.05, 0.1) is 30.6 Å². The fraction of sp³-hybridized carbons (Fsp3) is 0.222. The molecule has 1 aliphatic heterocycles. The van der Waals surface area contributed by atoms with Crippen LogP contribution in [0.5, 0.6) is 5.75 Å². The molecule has 7 heteroatoms. The van der Waals surface area contributed by atoms with Crippen LogP contribution in [0.4, 0.5) is 5.69 Å². The van der Waals surface area contributed by atoms with E-state index in [1.165, 1.54) is 0 Å². The lowest BCUT2D eigenvalue weighted by Crippen LogP contribution is -2.45. The number of anilines is 1. The fourth-order valence-electron chi connectivity index (χ4n) is 4.58. The Morgan fingerprint density at radius 3 is 2.59 bits per heavy atom. The molecule has 2 atom stereocenters. The summed E-state index contributed by atoms with van der Waals surface area (Å²) in [5, 5.41) is 2.91. The van der Waals surface area contributed by atoms with E-state index in [-0.39, 0.29) is 24.3 Å².